The van der Waals surface area contributed by atoms with Crippen molar-refractivity contribution in [2.24, 2.45) is 0 Å². The first-order valence-corrected chi connectivity index (χ1v) is 11.1. The average molecular weight is 473 g/mol. The monoisotopic (exact) mass is 472 g/mol. The lowest BCUT2D eigenvalue weighted by Crippen LogP contribution is -2.51. The van der Waals surface area contributed by atoms with Crippen LogP contribution in [0.5, 0.6) is 0 Å². The molecule has 1 aliphatic heterocycles. The number of piperazine rings is 1. The number of amides is 1. The molecule has 7 heteroatoms. The number of anilines is 1. The third kappa shape index (κ3) is 4.75. The molecule has 32 heavy (non-hydrogen) atoms. The molecule has 4 nitrogen and oxygen atoms in total. The summed E-state index contributed by atoms with van der Waals surface area (Å²) in [6.07, 6.45) is -1.35. The van der Waals surface area contributed by atoms with Crippen molar-refractivity contribution < 1.29 is 14.3 Å². The molecule has 0 aliphatic carbocycles. The number of aliphatic hydroxyl groups excluding tert-OH is 1. The maximum atomic E-state index is 13.2. The molecule has 0 aromatic heterocycles. The molecule has 2 atom stereocenters. The van der Waals surface area contributed by atoms with Gasteiger partial charge in [-0.25, -0.2) is 4.39 Å². The van der Waals surface area contributed by atoms with Crippen LogP contribution >= 0.6 is 23.2 Å². The van der Waals surface area contributed by atoms with Gasteiger partial charge in [0.15, 0.2) is 6.10 Å². The molecule has 0 bridgehead atoms. The first-order chi connectivity index (χ1) is 15.3. The summed E-state index contributed by atoms with van der Waals surface area (Å²) in [6, 6.07) is 18.6. The second-order valence-electron chi connectivity index (χ2n) is 7.95. The smallest absolute Gasteiger partial charge is 0.256 e. The predicted octanol–water partition coefficient (Wildman–Crippen LogP) is 5.56. The summed E-state index contributed by atoms with van der Waals surface area (Å²) in [5, 5.41) is 11.9. The van der Waals surface area contributed by atoms with Crippen LogP contribution in [0.4, 0.5) is 10.1 Å². The minimum Gasteiger partial charge on any atom is -0.378 e. The Kier molecular flexibility index (Phi) is 6.70. The summed E-state index contributed by atoms with van der Waals surface area (Å²) in [4.78, 5) is 16.9. The standard InChI is InChI=1S/C25H23Cl2FN2O2/c1-16-2-11-22(21(27)14-16)30-13-12-29(15-23(30)17-3-7-19(26)8-4-17)25(32)24(31)18-5-9-20(28)10-6-18/h2-11,14,23-24,31H,12-13,15H2,1H3/t23-,24?/m0/s1. The highest BCUT2D eigenvalue weighted by atomic mass is 35.5. The van der Waals surface area contributed by atoms with Gasteiger partial charge >= 0.3 is 0 Å². The molecule has 1 heterocycles. The van der Waals surface area contributed by atoms with Gasteiger partial charge in [-0.3, -0.25) is 4.79 Å². The average Bonchev–Trinajstić information content (AvgIpc) is 2.79. The highest BCUT2D eigenvalue weighted by Gasteiger charge is 2.34. The van der Waals surface area contributed by atoms with E-state index in [1.165, 1.54) is 24.3 Å². The number of hydrogen-bond acceptors (Lipinski definition) is 3. The largest absolute Gasteiger partial charge is 0.378 e. The van der Waals surface area contributed by atoms with Crippen molar-refractivity contribution in [2.75, 3.05) is 24.5 Å². The predicted molar refractivity (Wildman–Crippen MR) is 126 cm³/mol. The Labute approximate surface area is 196 Å². The van der Waals surface area contributed by atoms with E-state index in [4.69, 9.17) is 23.2 Å². The van der Waals surface area contributed by atoms with Crippen LogP contribution in [0.2, 0.25) is 10.0 Å². The van der Waals surface area contributed by atoms with Gasteiger partial charge in [0, 0.05) is 24.7 Å². The summed E-state index contributed by atoms with van der Waals surface area (Å²) in [7, 11) is 0. The zero-order valence-electron chi connectivity index (χ0n) is 17.5. The normalized spacial score (nSPS) is 17.3. The molecular weight excluding hydrogens is 450 g/mol. The maximum absolute atomic E-state index is 13.2. The van der Waals surface area contributed by atoms with Crippen molar-refractivity contribution in [2.45, 2.75) is 19.1 Å². The fraction of sp³-hybridized carbons (Fsp3) is 0.240. The lowest BCUT2D eigenvalue weighted by molar-refractivity contribution is -0.141. The molecule has 0 spiro atoms. The van der Waals surface area contributed by atoms with Gasteiger partial charge in [-0.1, -0.05) is 53.5 Å². The van der Waals surface area contributed by atoms with Gasteiger partial charge in [-0.05, 0) is 60.0 Å². The Morgan fingerprint density at radius 2 is 1.72 bits per heavy atom. The summed E-state index contributed by atoms with van der Waals surface area (Å²) in [5.41, 5.74) is 3.31. The van der Waals surface area contributed by atoms with Crippen LogP contribution in [0.25, 0.3) is 0 Å². The van der Waals surface area contributed by atoms with Crippen LogP contribution in [0.15, 0.2) is 66.7 Å². The van der Waals surface area contributed by atoms with Crippen LogP contribution in [-0.4, -0.2) is 35.5 Å². The van der Waals surface area contributed by atoms with Crippen molar-refractivity contribution in [1.29, 1.82) is 0 Å². The lowest BCUT2D eigenvalue weighted by atomic mass is 10.00. The Morgan fingerprint density at radius 3 is 2.38 bits per heavy atom. The number of hydrogen-bond donors (Lipinski definition) is 1. The van der Waals surface area contributed by atoms with Gasteiger partial charge < -0.3 is 14.9 Å². The third-order valence-corrected chi connectivity index (χ3v) is 6.33. The summed E-state index contributed by atoms with van der Waals surface area (Å²) in [6.45, 7) is 3.31. The van der Waals surface area contributed by atoms with E-state index in [-0.39, 0.29) is 6.04 Å². The summed E-state index contributed by atoms with van der Waals surface area (Å²) in [5.74, 6) is -0.829. The summed E-state index contributed by atoms with van der Waals surface area (Å²) < 4.78 is 13.2. The van der Waals surface area contributed by atoms with E-state index in [0.29, 0.717) is 35.2 Å². The zero-order valence-corrected chi connectivity index (χ0v) is 19.0. The van der Waals surface area contributed by atoms with Crippen molar-refractivity contribution in [3.63, 3.8) is 0 Å². The molecule has 1 saturated heterocycles. The minimum absolute atomic E-state index is 0.175. The molecule has 0 radical (unpaired) electrons. The molecule has 3 aromatic rings. The maximum Gasteiger partial charge on any atom is 0.256 e. The molecule has 4 rings (SSSR count). The Hall–Kier alpha value is -2.60. The number of carbonyl (C=O) groups is 1. The number of carbonyl (C=O) groups excluding carboxylic acids is 1. The van der Waals surface area contributed by atoms with Crippen LogP contribution < -0.4 is 4.90 Å². The molecule has 3 aromatic carbocycles. The lowest BCUT2D eigenvalue weighted by Gasteiger charge is -2.44. The van der Waals surface area contributed by atoms with Gasteiger partial charge in [0.05, 0.1) is 16.8 Å². The first kappa shape index (κ1) is 22.6. The van der Waals surface area contributed by atoms with Crippen LogP contribution in [0.1, 0.15) is 28.8 Å². The summed E-state index contributed by atoms with van der Waals surface area (Å²) >= 11 is 12.7. The van der Waals surface area contributed by atoms with Crippen molar-refractivity contribution in [3.05, 3.63) is 99.3 Å². The Bertz CT molecular complexity index is 1110. The third-order valence-electron chi connectivity index (χ3n) is 5.78. The molecule has 166 valence electrons. The van der Waals surface area contributed by atoms with Crippen molar-refractivity contribution >= 4 is 34.8 Å². The van der Waals surface area contributed by atoms with Gasteiger partial charge in [0.25, 0.3) is 5.91 Å². The van der Waals surface area contributed by atoms with E-state index >= 15 is 0 Å². The Balaban J connectivity index is 1.63. The van der Waals surface area contributed by atoms with Gasteiger partial charge in [0.2, 0.25) is 0 Å². The topological polar surface area (TPSA) is 43.8 Å². The zero-order chi connectivity index (χ0) is 22.8. The SMILES string of the molecule is Cc1ccc(N2CCN(C(=O)C(O)c3ccc(F)cc3)C[C@H]2c2ccc(Cl)cc2)c(Cl)c1. The minimum atomic E-state index is -1.35. The fourth-order valence-electron chi connectivity index (χ4n) is 4.05. The second kappa shape index (κ2) is 9.49. The number of aliphatic hydroxyl groups is 1. The van der Waals surface area contributed by atoms with Gasteiger partial charge in [-0.2, -0.15) is 0 Å². The highest BCUT2D eigenvalue weighted by molar-refractivity contribution is 6.33. The van der Waals surface area contributed by atoms with E-state index < -0.39 is 17.8 Å². The molecular formula is C25H23Cl2FN2O2. The number of aryl methyl sites for hydroxylation is 1. The van der Waals surface area contributed by atoms with E-state index in [2.05, 4.69) is 4.90 Å². The molecule has 1 amide bonds. The van der Waals surface area contributed by atoms with E-state index in [0.717, 1.165) is 16.8 Å². The number of rotatable bonds is 4. The molecule has 0 saturated carbocycles. The van der Waals surface area contributed by atoms with Gasteiger partial charge in [-0.15, -0.1) is 0 Å². The number of nitrogens with zero attached hydrogens (tertiary/aromatic N) is 2. The van der Waals surface area contributed by atoms with Gasteiger partial charge in [0.1, 0.15) is 5.82 Å². The molecule has 1 N–H and O–H groups in total. The van der Waals surface area contributed by atoms with Crippen LogP contribution in [0, 0.1) is 12.7 Å². The van der Waals surface area contributed by atoms with Crippen molar-refractivity contribution in [3.8, 4) is 0 Å². The molecule has 1 fully saturated rings. The second-order valence-corrected chi connectivity index (χ2v) is 8.80. The Morgan fingerprint density at radius 1 is 1.03 bits per heavy atom. The van der Waals surface area contributed by atoms with E-state index in [9.17, 15) is 14.3 Å². The van der Waals surface area contributed by atoms with Crippen molar-refractivity contribution in [1.82, 2.24) is 4.90 Å². The van der Waals surface area contributed by atoms with Crippen LogP contribution in [-0.2, 0) is 4.79 Å². The molecule has 1 unspecified atom stereocenters. The highest BCUT2D eigenvalue weighted by Crippen LogP contribution is 2.36. The fourth-order valence-corrected chi connectivity index (χ4v) is 4.52. The first-order valence-electron chi connectivity index (χ1n) is 10.3. The van der Waals surface area contributed by atoms with Crippen LogP contribution in [0.3, 0.4) is 0 Å². The molecule has 1 aliphatic rings. The number of halogens is 3. The number of benzene rings is 3. The quantitative estimate of drug-likeness (QED) is 0.540. The van der Waals surface area contributed by atoms with E-state index in [1.807, 2.05) is 49.4 Å². The van der Waals surface area contributed by atoms with E-state index in [1.54, 1.807) is 4.90 Å².